The average molecular weight is 1380 g/mol. The molecule has 0 spiro atoms. The maximum Gasteiger partial charge on any atom is 0.472 e. The number of esters is 4. The van der Waals surface area contributed by atoms with Crippen LogP contribution in [-0.2, 0) is 65.4 Å². The Bertz CT molecular complexity index is 1840. The van der Waals surface area contributed by atoms with E-state index in [1.807, 2.05) is 0 Å². The highest BCUT2D eigenvalue weighted by Gasteiger charge is 2.30. The molecule has 0 aliphatic carbocycles. The standard InChI is InChI=1S/C75H146O17P2/c1-8-10-11-12-13-26-35-42-49-56-72(77)85-63-71(92-75(80)59-52-45-38-31-33-40-47-54-67(5)6)65-90-94(83,84)88-61-69(76)60-87-93(81,82)89-64-70(62-86-73(78)57-50-43-36-29-24-20-16-14-18-22-27-32-39-46-53-66(3)4)91-74(79)58-51-44-37-30-25-21-17-15-19-23-28-34-41-48-55-68(7)9-2/h66-71,76H,8-65H2,1-7H3,(H,81,82)(H,83,84)/t68?,69-,70-,71-/m1/s1. The molecule has 0 bridgehead atoms. The molecule has 0 aliphatic heterocycles. The first-order chi connectivity index (χ1) is 45.3. The normalized spacial score (nSPS) is 14.4. The Morgan fingerprint density at radius 1 is 0.309 bits per heavy atom. The molecule has 0 amide bonds. The lowest BCUT2D eigenvalue weighted by molar-refractivity contribution is -0.161. The molecule has 0 radical (unpaired) electrons. The topological polar surface area (TPSA) is 237 Å². The first kappa shape index (κ1) is 92.1. The van der Waals surface area contributed by atoms with E-state index in [9.17, 15) is 43.2 Å². The molecule has 0 aromatic carbocycles. The van der Waals surface area contributed by atoms with Gasteiger partial charge in [-0.3, -0.25) is 37.3 Å². The van der Waals surface area contributed by atoms with Gasteiger partial charge in [0, 0.05) is 25.7 Å². The fraction of sp³-hybridized carbons (Fsp3) is 0.947. The average Bonchev–Trinajstić information content (AvgIpc) is 1.55. The van der Waals surface area contributed by atoms with Gasteiger partial charge >= 0.3 is 39.5 Å². The third kappa shape index (κ3) is 67.3. The number of hydrogen-bond acceptors (Lipinski definition) is 15. The maximum absolute atomic E-state index is 13.1. The van der Waals surface area contributed by atoms with Crippen molar-refractivity contribution in [3.05, 3.63) is 0 Å². The highest BCUT2D eigenvalue weighted by Crippen LogP contribution is 2.45. The van der Waals surface area contributed by atoms with Gasteiger partial charge in [-0.1, -0.05) is 331 Å². The number of unbranched alkanes of at least 4 members (excludes halogenated alkanes) is 40. The summed E-state index contributed by atoms with van der Waals surface area (Å²) in [6.45, 7) is 11.9. The Morgan fingerprint density at radius 3 is 0.809 bits per heavy atom. The minimum atomic E-state index is -4.96. The van der Waals surface area contributed by atoms with E-state index in [2.05, 4.69) is 48.5 Å². The van der Waals surface area contributed by atoms with E-state index in [0.717, 1.165) is 102 Å². The first-order valence-electron chi connectivity index (χ1n) is 38.9. The van der Waals surface area contributed by atoms with Gasteiger partial charge in [-0.25, -0.2) is 9.13 Å². The predicted octanol–water partition coefficient (Wildman–Crippen LogP) is 21.8. The summed E-state index contributed by atoms with van der Waals surface area (Å²) < 4.78 is 68.4. The van der Waals surface area contributed by atoms with Gasteiger partial charge in [0.1, 0.15) is 19.3 Å². The lowest BCUT2D eigenvalue weighted by Crippen LogP contribution is -2.30. The molecule has 17 nitrogen and oxygen atoms in total. The van der Waals surface area contributed by atoms with Crippen LogP contribution < -0.4 is 0 Å². The van der Waals surface area contributed by atoms with Crippen molar-refractivity contribution in [1.82, 2.24) is 0 Å². The van der Waals surface area contributed by atoms with Crippen molar-refractivity contribution in [2.45, 2.75) is 401 Å². The molecule has 3 N–H and O–H groups in total. The Labute approximate surface area is 575 Å². The molecule has 0 aromatic heterocycles. The van der Waals surface area contributed by atoms with Crippen molar-refractivity contribution in [1.29, 1.82) is 0 Å². The number of carbonyl (C=O) groups is 4. The van der Waals surface area contributed by atoms with Crippen LogP contribution in [-0.4, -0.2) is 96.7 Å². The fourth-order valence-corrected chi connectivity index (χ4v) is 13.0. The second-order valence-electron chi connectivity index (χ2n) is 28.2. The van der Waals surface area contributed by atoms with Crippen LogP contribution in [0.25, 0.3) is 0 Å². The first-order valence-corrected chi connectivity index (χ1v) is 41.9. The Morgan fingerprint density at radius 2 is 0.543 bits per heavy atom. The fourth-order valence-electron chi connectivity index (χ4n) is 11.4. The summed E-state index contributed by atoms with van der Waals surface area (Å²) >= 11 is 0. The Kier molecular flexibility index (Phi) is 64.3. The van der Waals surface area contributed by atoms with Crippen LogP contribution in [0.15, 0.2) is 0 Å². The quantitative estimate of drug-likeness (QED) is 0.0222. The summed E-state index contributed by atoms with van der Waals surface area (Å²) in [5.74, 6) is 0.219. The van der Waals surface area contributed by atoms with E-state index in [1.54, 1.807) is 0 Å². The van der Waals surface area contributed by atoms with Crippen molar-refractivity contribution in [2.75, 3.05) is 39.6 Å². The molecule has 94 heavy (non-hydrogen) atoms. The molecule has 0 rings (SSSR count). The lowest BCUT2D eigenvalue weighted by atomic mass is 9.99. The van der Waals surface area contributed by atoms with Crippen LogP contribution in [0.2, 0.25) is 0 Å². The van der Waals surface area contributed by atoms with Gasteiger partial charge in [0.2, 0.25) is 0 Å². The van der Waals surface area contributed by atoms with Crippen LogP contribution in [0, 0.1) is 17.8 Å². The highest BCUT2D eigenvalue weighted by atomic mass is 31.2. The molecular weight excluding hydrogens is 1230 g/mol. The monoisotopic (exact) mass is 1380 g/mol. The zero-order valence-corrected chi connectivity index (χ0v) is 63.2. The number of aliphatic hydroxyl groups excluding tert-OH is 1. The summed E-state index contributed by atoms with van der Waals surface area (Å²) in [5.41, 5.74) is 0. The van der Waals surface area contributed by atoms with Gasteiger partial charge in [0.25, 0.3) is 0 Å². The number of phosphoric acid groups is 2. The molecule has 6 atom stereocenters. The molecule has 0 saturated heterocycles. The van der Waals surface area contributed by atoms with Gasteiger partial charge in [-0.05, 0) is 43.4 Å². The van der Waals surface area contributed by atoms with Gasteiger partial charge in [-0.15, -0.1) is 0 Å². The summed E-state index contributed by atoms with van der Waals surface area (Å²) in [7, 11) is -9.91. The van der Waals surface area contributed by atoms with Gasteiger partial charge < -0.3 is 33.8 Å². The SMILES string of the molecule is CCCCCCCCCCCC(=O)OC[C@H](COP(=O)(O)OC[C@H](O)COP(=O)(O)OC[C@@H](COC(=O)CCCCCCCCCCCCCCCCC(C)C)OC(=O)CCCCCCCCCCCCCCCCC(C)CC)OC(=O)CCCCCCCCCC(C)C. The highest BCUT2D eigenvalue weighted by molar-refractivity contribution is 7.47. The molecule has 0 saturated carbocycles. The van der Waals surface area contributed by atoms with Crippen molar-refractivity contribution < 1.29 is 80.2 Å². The third-order valence-electron chi connectivity index (χ3n) is 17.7. The number of carbonyl (C=O) groups excluding carboxylic acids is 4. The van der Waals surface area contributed by atoms with Gasteiger partial charge in [0.15, 0.2) is 12.2 Å². The Hall–Kier alpha value is -1.94. The van der Waals surface area contributed by atoms with Gasteiger partial charge in [-0.2, -0.15) is 0 Å². The minimum Gasteiger partial charge on any atom is -0.462 e. The number of rotatable bonds is 73. The number of aliphatic hydroxyl groups is 1. The minimum absolute atomic E-state index is 0.103. The molecule has 0 heterocycles. The van der Waals surface area contributed by atoms with E-state index >= 15 is 0 Å². The second-order valence-corrected chi connectivity index (χ2v) is 31.1. The third-order valence-corrected chi connectivity index (χ3v) is 19.6. The summed E-state index contributed by atoms with van der Waals surface area (Å²) in [4.78, 5) is 72.7. The van der Waals surface area contributed by atoms with Crippen molar-refractivity contribution in [2.24, 2.45) is 17.8 Å². The van der Waals surface area contributed by atoms with E-state index in [-0.39, 0.29) is 25.7 Å². The number of ether oxygens (including phenoxy) is 4. The molecule has 3 unspecified atom stereocenters. The molecule has 0 fully saturated rings. The predicted molar refractivity (Wildman–Crippen MR) is 381 cm³/mol. The van der Waals surface area contributed by atoms with Gasteiger partial charge in [0.05, 0.1) is 26.4 Å². The molecular formula is C75H146O17P2. The zero-order valence-electron chi connectivity index (χ0n) is 61.4. The second kappa shape index (κ2) is 65.7. The van der Waals surface area contributed by atoms with Crippen molar-refractivity contribution in [3.8, 4) is 0 Å². The largest absolute Gasteiger partial charge is 0.472 e. The Balaban J connectivity index is 5.22. The van der Waals surface area contributed by atoms with Crippen LogP contribution in [0.1, 0.15) is 382 Å². The van der Waals surface area contributed by atoms with E-state index in [1.165, 1.54) is 193 Å². The van der Waals surface area contributed by atoms with Crippen molar-refractivity contribution in [3.63, 3.8) is 0 Å². The van der Waals surface area contributed by atoms with E-state index < -0.39 is 97.5 Å². The number of hydrogen-bond donors (Lipinski definition) is 3. The molecule has 558 valence electrons. The van der Waals surface area contributed by atoms with Crippen LogP contribution in [0.5, 0.6) is 0 Å². The molecule has 0 aliphatic rings. The zero-order chi connectivity index (χ0) is 69.4. The maximum atomic E-state index is 13.1. The summed E-state index contributed by atoms with van der Waals surface area (Å²) in [6.07, 6.45) is 51.4. The lowest BCUT2D eigenvalue weighted by Gasteiger charge is -2.21. The van der Waals surface area contributed by atoms with Crippen LogP contribution >= 0.6 is 15.6 Å². The summed E-state index contributed by atoms with van der Waals surface area (Å²) in [5, 5.41) is 10.6. The molecule has 0 aromatic rings. The van der Waals surface area contributed by atoms with Crippen LogP contribution in [0.3, 0.4) is 0 Å². The summed E-state index contributed by atoms with van der Waals surface area (Å²) in [6, 6.07) is 0. The molecule has 19 heteroatoms. The van der Waals surface area contributed by atoms with Crippen molar-refractivity contribution >= 4 is 39.5 Å². The van der Waals surface area contributed by atoms with Crippen LogP contribution in [0.4, 0.5) is 0 Å². The van der Waals surface area contributed by atoms with E-state index in [0.29, 0.717) is 31.6 Å². The number of phosphoric ester groups is 2. The van der Waals surface area contributed by atoms with E-state index in [4.69, 9.17) is 37.0 Å². The smallest absolute Gasteiger partial charge is 0.462 e.